The summed E-state index contributed by atoms with van der Waals surface area (Å²) in [6.45, 7) is 2.46. The van der Waals surface area contributed by atoms with Gasteiger partial charge in [0, 0.05) is 20.1 Å². The highest BCUT2D eigenvalue weighted by Crippen LogP contribution is 2.35. The van der Waals surface area contributed by atoms with Gasteiger partial charge in [0.25, 0.3) is 0 Å². The zero-order valence-corrected chi connectivity index (χ0v) is 36.6. The van der Waals surface area contributed by atoms with Gasteiger partial charge >= 0.3 is 5.97 Å². The fourth-order valence-corrected chi connectivity index (χ4v) is 7.97. The molecule has 0 bridgehead atoms. The molecule has 0 aromatic carbocycles. The highest BCUT2D eigenvalue weighted by Gasteiger charge is 2.56. The standard InChI is InChI=1S/C38H67NO26/c1-12(44)7-20(46)39-21-15(4)58-36(25(50)23(21)48)63-30-24(49)26(51)37(65-32(30)33(53)54)64-31-27(52)38(61-19(11-43)29(31)55-5)57-14(3)17(9-41)59-35(16(45)8-40)62-28-13(2)34(56-6)60-18(10-42)22(28)47/h12-19,21-32,34-38,40-45,47-52H,7-11H2,1-6H3,(H,39,46)(H,53,54)/t12-,13?,14+,15?,16+,17?,18?,19?,21-,22-,23+,24?,25?,26+,27-,28?,29-,30+,31?,32?,34-,35+,36-,37-,38-/m1/s1. The van der Waals surface area contributed by atoms with E-state index in [9.17, 15) is 76.0 Å². The summed E-state index contributed by atoms with van der Waals surface area (Å²) >= 11 is 0. The first kappa shape index (κ1) is 55.6. The molecule has 10 unspecified atom stereocenters. The highest BCUT2D eigenvalue weighted by atomic mass is 16.8. The molecule has 4 rings (SSSR count). The summed E-state index contributed by atoms with van der Waals surface area (Å²) in [5.74, 6) is -3.17. The molecule has 4 aliphatic rings. The van der Waals surface area contributed by atoms with Crippen molar-refractivity contribution in [1.29, 1.82) is 0 Å². The van der Waals surface area contributed by atoms with Gasteiger partial charge in [-0.3, -0.25) is 4.79 Å². The zero-order chi connectivity index (χ0) is 48.6. The van der Waals surface area contributed by atoms with Gasteiger partial charge in [-0.1, -0.05) is 6.92 Å². The van der Waals surface area contributed by atoms with Crippen molar-refractivity contribution in [3.8, 4) is 0 Å². The fourth-order valence-electron chi connectivity index (χ4n) is 7.97. The van der Waals surface area contributed by atoms with E-state index in [4.69, 9.17) is 52.1 Å². The second-order valence-electron chi connectivity index (χ2n) is 16.4. The Morgan fingerprint density at radius 2 is 1.25 bits per heavy atom. The Bertz CT molecular complexity index is 1440. The number of aliphatic carboxylic acids is 1. The van der Waals surface area contributed by atoms with Crippen LogP contribution in [0.2, 0.25) is 0 Å². The molecule has 65 heavy (non-hydrogen) atoms. The van der Waals surface area contributed by atoms with Crippen molar-refractivity contribution in [2.24, 2.45) is 5.92 Å². The minimum atomic E-state index is -2.19. The van der Waals surface area contributed by atoms with E-state index in [1.807, 2.05) is 0 Å². The van der Waals surface area contributed by atoms with Gasteiger partial charge in [0.2, 0.25) is 5.91 Å². The third-order valence-electron chi connectivity index (χ3n) is 11.6. The van der Waals surface area contributed by atoms with Crippen LogP contribution < -0.4 is 5.32 Å². The van der Waals surface area contributed by atoms with Crippen LogP contribution in [0.15, 0.2) is 0 Å². The van der Waals surface area contributed by atoms with Crippen LogP contribution in [-0.4, -0.2) is 266 Å². The lowest BCUT2D eigenvalue weighted by Crippen LogP contribution is -2.68. The molecule has 380 valence electrons. The van der Waals surface area contributed by atoms with Gasteiger partial charge in [-0.25, -0.2) is 4.79 Å². The predicted molar refractivity (Wildman–Crippen MR) is 207 cm³/mol. The van der Waals surface area contributed by atoms with Gasteiger partial charge in [0.05, 0.1) is 63.3 Å². The quantitative estimate of drug-likeness (QED) is 0.0448. The maximum Gasteiger partial charge on any atom is 0.335 e. The number of carboxylic acids is 1. The SMILES string of the molecule is CO[C@@H]1OC(CO)[C@@H](O)C(O[C@H](OC(CO)[C@H](C)O[C@@H]2OC(CO)[C@@H](OC)C(O[C@@H]3OC(C(=O)O)[C@@H](O[C@H]4OC(C)[C@@H](NC(=O)C[C@@H](C)O)[C@H](O)C4O)C(O)[C@@H]3O)[C@H]2O)[C@@H](O)CO)C1C. The van der Waals surface area contributed by atoms with E-state index in [1.165, 1.54) is 27.9 Å². The van der Waals surface area contributed by atoms with E-state index in [2.05, 4.69) is 5.32 Å². The smallest absolute Gasteiger partial charge is 0.335 e. The van der Waals surface area contributed by atoms with Crippen molar-refractivity contribution in [3.05, 3.63) is 0 Å². The van der Waals surface area contributed by atoms with Crippen molar-refractivity contribution in [2.75, 3.05) is 40.6 Å². The average molecular weight is 954 g/mol. The Balaban J connectivity index is 1.49. The summed E-state index contributed by atoms with van der Waals surface area (Å²) in [4.78, 5) is 24.8. The monoisotopic (exact) mass is 953 g/mol. The lowest BCUT2D eigenvalue weighted by atomic mass is 9.92. The molecule has 14 N–H and O–H groups in total. The molecular weight excluding hydrogens is 886 g/mol. The molecule has 27 heteroatoms. The molecule has 25 atom stereocenters. The number of carbonyl (C=O) groups excluding carboxylic acids is 1. The summed E-state index contributed by atoms with van der Waals surface area (Å²) < 4.78 is 62.3. The molecule has 4 fully saturated rings. The lowest BCUT2D eigenvalue weighted by Gasteiger charge is -2.48. The first-order valence-electron chi connectivity index (χ1n) is 21.0. The summed E-state index contributed by atoms with van der Waals surface area (Å²) in [6, 6.07) is -1.21. The minimum absolute atomic E-state index is 0.329. The molecule has 0 saturated carbocycles. The number of aliphatic hydroxyl groups is 12. The number of aliphatic hydroxyl groups excluding tert-OH is 12. The molecule has 1 amide bonds. The molecule has 0 aromatic rings. The van der Waals surface area contributed by atoms with E-state index in [0.717, 1.165) is 7.11 Å². The Hall–Kier alpha value is -1.98. The Kier molecular flexibility index (Phi) is 21.4. The van der Waals surface area contributed by atoms with Crippen molar-refractivity contribution in [3.63, 3.8) is 0 Å². The molecule has 4 aliphatic heterocycles. The number of carboxylic acid groups (broad SMARTS) is 1. The van der Waals surface area contributed by atoms with Crippen LogP contribution in [-0.2, 0) is 61.7 Å². The van der Waals surface area contributed by atoms with E-state index >= 15 is 0 Å². The largest absolute Gasteiger partial charge is 0.479 e. The second-order valence-corrected chi connectivity index (χ2v) is 16.4. The van der Waals surface area contributed by atoms with Crippen LogP contribution in [0.4, 0.5) is 0 Å². The number of amides is 1. The Morgan fingerprint density at radius 1 is 0.646 bits per heavy atom. The van der Waals surface area contributed by atoms with Crippen molar-refractivity contribution in [1.82, 2.24) is 5.32 Å². The zero-order valence-electron chi connectivity index (χ0n) is 36.6. The summed E-state index contributed by atoms with van der Waals surface area (Å²) in [7, 11) is 2.46. The third-order valence-corrected chi connectivity index (χ3v) is 11.6. The molecule has 0 spiro atoms. The van der Waals surface area contributed by atoms with E-state index in [0.29, 0.717) is 0 Å². The number of hydrogen-bond donors (Lipinski definition) is 14. The summed E-state index contributed by atoms with van der Waals surface area (Å²) in [5, 5.41) is 140. The highest BCUT2D eigenvalue weighted by molar-refractivity contribution is 5.76. The van der Waals surface area contributed by atoms with Gasteiger partial charge < -0.3 is 124 Å². The van der Waals surface area contributed by atoms with E-state index < -0.39 is 192 Å². The first-order chi connectivity index (χ1) is 30.7. The molecule has 27 nitrogen and oxygen atoms in total. The molecule has 0 radical (unpaired) electrons. The minimum Gasteiger partial charge on any atom is -0.479 e. The van der Waals surface area contributed by atoms with Gasteiger partial charge in [-0.05, 0) is 20.8 Å². The lowest BCUT2D eigenvalue weighted by molar-refractivity contribution is -0.377. The van der Waals surface area contributed by atoms with Crippen molar-refractivity contribution < 1.29 is 128 Å². The van der Waals surface area contributed by atoms with Gasteiger partial charge in [0.15, 0.2) is 37.6 Å². The number of hydrogen-bond acceptors (Lipinski definition) is 25. The van der Waals surface area contributed by atoms with Crippen LogP contribution >= 0.6 is 0 Å². The first-order valence-corrected chi connectivity index (χ1v) is 21.0. The fraction of sp³-hybridized carbons (Fsp3) is 0.947. The second kappa shape index (κ2) is 25.0. The normalized spacial score (nSPS) is 42.7. The van der Waals surface area contributed by atoms with Gasteiger partial charge in [-0.2, -0.15) is 0 Å². The maximum atomic E-state index is 12.5. The van der Waals surface area contributed by atoms with Gasteiger partial charge in [0.1, 0.15) is 79.4 Å². The molecule has 4 saturated heterocycles. The third kappa shape index (κ3) is 13.2. The number of carbonyl (C=O) groups is 2. The molecule has 4 heterocycles. The van der Waals surface area contributed by atoms with E-state index in [1.54, 1.807) is 6.92 Å². The number of rotatable bonds is 22. The van der Waals surface area contributed by atoms with Crippen LogP contribution in [0.3, 0.4) is 0 Å². The molecule has 0 aromatic heterocycles. The van der Waals surface area contributed by atoms with Gasteiger partial charge in [-0.15, -0.1) is 0 Å². The van der Waals surface area contributed by atoms with Crippen LogP contribution in [0.25, 0.3) is 0 Å². The Labute approximate surface area is 373 Å². The predicted octanol–water partition coefficient (Wildman–Crippen LogP) is -7.69. The number of methoxy groups -OCH3 is 2. The van der Waals surface area contributed by atoms with E-state index in [-0.39, 0.29) is 6.42 Å². The van der Waals surface area contributed by atoms with Crippen molar-refractivity contribution >= 4 is 11.9 Å². The molecular formula is C38H67NO26. The molecule has 0 aliphatic carbocycles. The Morgan fingerprint density at radius 3 is 1.80 bits per heavy atom. The van der Waals surface area contributed by atoms with Crippen LogP contribution in [0, 0.1) is 5.92 Å². The van der Waals surface area contributed by atoms with Crippen LogP contribution in [0.5, 0.6) is 0 Å². The summed E-state index contributed by atoms with van der Waals surface area (Å²) in [5.41, 5.74) is 0. The number of ether oxygens (including phenoxy) is 11. The average Bonchev–Trinajstić information content (AvgIpc) is 3.26. The van der Waals surface area contributed by atoms with Crippen LogP contribution in [0.1, 0.15) is 34.1 Å². The number of nitrogens with one attached hydrogen (secondary N) is 1. The topological polar surface area (TPSA) is 411 Å². The maximum absolute atomic E-state index is 12.5. The van der Waals surface area contributed by atoms with Crippen molar-refractivity contribution in [2.45, 2.75) is 181 Å². The summed E-state index contributed by atoms with van der Waals surface area (Å²) in [6.07, 6.45) is -38.0.